The highest BCUT2D eigenvalue weighted by Crippen LogP contribution is 2.28. The van der Waals surface area contributed by atoms with Crippen molar-refractivity contribution in [1.82, 2.24) is 9.62 Å². The van der Waals surface area contributed by atoms with E-state index in [1.54, 1.807) is 32.2 Å². The number of piperidine rings is 1. The lowest BCUT2D eigenvalue weighted by atomic mass is 10.1. The third kappa shape index (κ3) is 5.84. The molecule has 1 N–H and O–H groups in total. The molecule has 8 heteroatoms. The highest BCUT2D eigenvalue weighted by atomic mass is 32.2. The zero-order chi connectivity index (χ0) is 20.0. The van der Waals surface area contributed by atoms with Gasteiger partial charge in [-0.3, -0.25) is 4.79 Å². The summed E-state index contributed by atoms with van der Waals surface area (Å²) < 4.78 is 36.4. The molecular formula is C19H30N2O5S. The zero-order valence-electron chi connectivity index (χ0n) is 16.5. The molecule has 1 heterocycles. The molecule has 1 aliphatic rings. The van der Waals surface area contributed by atoms with Crippen LogP contribution in [0.5, 0.6) is 11.5 Å². The van der Waals surface area contributed by atoms with Crippen molar-refractivity contribution in [3.8, 4) is 11.5 Å². The lowest BCUT2D eigenvalue weighted by Crippen LogP contribution is -2.46. The molecule has 1 saturated heterocycles. The standard InChI is InChI=1S/C19H30N2O5S/c1-5-27(23,24)21-10-8-16(9-11-21)20-19(22)15-6-7-17(18(12-15)25-4)26-13-14(2)3/h6-7,12,14,16H,5,8-11,13H2,1-4H3,(H,20,22). The molecular weight excluding hydrogens is 368 g/mol. The summed E-state index contributed by atoms with van der Waals surface area (Å²) in [6.45, 7) is 7.21. The molecule has 0 bridgehead atoms. The molecule has 7 nitrogen and oxygen atoms in total. The number of hydrogen-bond acceptors (Lipinski definition) is 5. The van der Waals surface area contributed by atoms with Crippen molar-refractivity contribution < 1.29 is 22.7 Å². The predicted octanol–water partition coefficient (Wildman–Crippen LogP) is 2.27. The van der Waals surface area contributed by atoms with Crippen molar-refractivity contribution in [2.24, 2.45) is 5.92 Å². The predicted molar refractivity (Wildman–Crippen MR) is 105 cm³/mol. The van der Waals surface area contributed by atoms with Gasteiger partial charge in [-0.1, -0.05) is 13.8 Å². The number of nitrogens with zero attached hydrogens (tertiary/aromatic N) is 1. The number of ether oxygens (including phenoxy) is 2. The van der Waals surface area contributed by atoms with Crippen molar-refractivity contribution in [3.63, 3.8) is 0 Å². The van der Waals surface area contributed by atoms with Crippen LogP contribution in [0.1, 0.15) is 44.0 Å². The summed E-state index contributed by atoms with van der Waals surface area (Å²) in [4.78, 5) is 12.6. The molecule has 1 amide bonds. The second-order valence-electron chi connectivity index (χ2n) is 7.12. The van der Waals surface area contributed by atoms with Crippen molar-refractivity contribution in [1.29, 1.82) is 0 Å². The van der Waals surface area contributed by atoms with E-state index in [1.165, 1.54) is 4.31 Å². The number of benzene rings is 1. The third-order valence-electron chi connectivity index (χ3n) is 4.55. The smallest absolute Gasteiger partial charge is 0.251 e. The Balaban J connectivity index is 1.96. The van der Waals surface area contributed by atoms with Crippen LogP contribution in [0, 0.1) is 5.92 Å². The van der Waals surface area contributed by atoms with Gasteiger partial charge in [0.15, 0.2) is 11.5 Å². The van der Waals surface area contributed by atoms with E-state index in [2.05, 4.69) is 19.2 Å². The Labute approximate surface area is 162 Å². The van der Waals surface area contributed by atoms with Gasteiger partial charge in [0.2, 0.25) is 10.0 Å². The Hall–Kier alpha value is -1.80. The fraction of sp³-hybridized carbons (Fsp3) is 0.632. The summed E-state index contributed by atoms with van der Waals surface area (Å²) in [6.07, 6.45) is 1.22. The number of hydrogen-bond donors (Lipinski definition) is 1. The average molecular weight is 399 g/mol. The van der Waals surface area contributed by atoms with E-state index in [9.17, 15) is 13.2 Å². The molecule has 0 spiro atoms. The van der Waals surface area contributed by atoms with Gasteiger partial charge in [-0.15, -0.1) is 0 Å². The van der Waals surface area contributed by atoms with Gasteiger partial charge in [0.05, 0.1) is 19.5 Å². The van der Waals surface area contributed by atoms with Crippen LogP contribution >= 0.6 is 0 Å². The summed E-state index contributed by atoms with van der Waals surface area (Å²) >= 11 is 0. The summed E-state index contributed by atoms with van der Waals surface area (Å²) in [5.41, 5.74) is 0.493. The molecule has 152 valence electrons. The van der Waals surface area contributed by atoms with Gasteiger partial charge < -0.3 is 14.8 Å². The Morgan fingerprint density at radius 2 is 1.93 bits per heavy atom. The largest absolute Gasteiger partial charge is 0.493 e. The molecule has 0 radical (unpaired) electrons. The minimum Gasteiger partial charge on any atom is -0.493 e. The molecule has 0 aromatic heterocycles. The molecule has 1 aromatic carbocycles. The van der Waals surface area contributed by atoms with Crippen molar-refractivity contribution >= 4 is 15.9 Å². The van der Waals surface area contributed by atoms with E-state index in [0.29, 0.717) is 55.5 Å². The van der Waals surface area contributed by atoms with Crippen LogP contribution in [-0.2, 0) is 10.0 Å². The molecule has 0 unspecified atom stereocenters. The SMILES string of the molecule is CCS(=O)(=O)N1CCC(NC(=O)c2ccc(OCC(C)C)c(OC)c2)CC1. The average Bonchev–Trinajstić information content (AvgIpc) is 2.66. The molecule has 0 atom stereocenters. The van der Waals surface area contributed by atoms with Gasteiger partial charge in [-0.05, 0) is 43.9 Å². The zero-order valence-corrected chi connectivity index (χ0v) is 17.3. The fourth-order valence-corrected chi connectivity index (χ4v) is 4.05. The maximum absolute atomic E-state index is 12.6. The normalized spacial score (nSPS) is 16.3. The number of amides is 1. The van der Waals surface area contributed by atoms with Crippen LogP contribution in [0.15, 0.2) is 18.2 Å². The highest BCUT2D eigenvalue weighted by molar-refractivity contribution is 7.89. The van der Waals surface area contributed by atoms with Gasteiger partial charge in [-0.2, -0.15) is 0 Å². The number of sulfonamides is 1. The molecule has 1 aromatic rings. The van der Waals surface area contributed by atoms with Gasteiger partial charge in [0, 0.05) is 24.7 Å². The lowest BCUT2D eigenvalue weighted by molar-refractivity contribution is 0.0923. The maximum atomic E-state index is 12.6. The molecule has 0 saturated carbocycles. The Morgan fingerprint density at radius 1 is 1.26 bits per heavy atom. The number of nitrogens with one attached hydrogen (secondary N) is 1. The first-order valence-corrected chi connectivity index (χ1v) is 11.0. The maximum Gasteiger partial charge on any atom is 0.251 e. The Bertz CT molecular complexity index is 740. The molecule has 1 aliphatic heterocycles. The molecule has 1 fully saturated rings. The number of methoxy groups -OCH3 is 1. The first kappa shape index (κ1) is 21.5. The summed E-state index contributed by atoms with van der Waals surface area (Å²) in [7, 11) is -1.62. The number of carbonyl (C=O) groups is 1. The number of rotatable bonds is 8. The first-order valence-electron chi connectivity index (χ1n) is 9.36. The monoisotopic (exact) mass is 398 g/mol. The lowest BCUT2D eigenvalue weighted by Gasteiger charge is -2.31. The van der Waals surface area contributed by atoms with Gasteiger partial charge in [0.25, 0.3) is 5.91 Å². The van der Waals surface area contributed by atoms with E-state index < -0.39 is 10.0 Å². The third-order valence-corrected chi connectivity index (χ3v) is 6.43. The van der Waals surface area contributed by atoms with Crippen LogP contribution in [0.2, 0.25) is 0 Å². The number of carbonyl (C=O) groups excluding carboxylic acids is 1. The fourth-order valence-electron chi connectivity index (χ4n) is 2.91. The van der Waals surface area contributed by atoms with Gasteiger partial charge in [0.1, 0.15) is 0 Å². The molecule has 2 rings (SSSR count). The quantitative estimate of drug-likeness (QED) is 0.726. The van der Waals surface area contributed by atoms with Crippen LogP contribution in [0.4, 0.5) is 0 Å². The van der Waals surface area contributed by atoms with Crippen LogP contribution < -0.4 is 14.8 Å². The van der Waals surface area contributed by atoms with Crippen LogP contribution in [0.3, 0.4) is 0 Å². The van der Waals surface area contributed by atoms with Crippen LogP contribution in [-0.4, -0.2) is 57.2 Å². The minimum absolute atomic E-state index is 0.0383. The minimum atomic E-state index is -3.16. The first-order chi connectivity index (χ1) is 12.8. The van der Waals surface area contributed by atoms with Gasteiger partial charge in [-0.25, -0.2) is 12.7 Å². The highest BCUT2D eigenvalue weighted by Gasteiger charge is 2.27. The van der Waals surface area contributed by atoms with E-state index in [1.807, 2.05) is 0 Å². The van der Waals surface area contributed by atoms with E-state index >= 15 is 0 Å². The van der Waals surface area contributed by atoms with E-state index in [0.717, 1.165) is 0 Å². The van der Waals surface area contributed by atoms with Crippen molar-refractivity contribution in [2.45, 2.75) is 39.7 Å². The van der Waals surface area contributed by atoms with Crippen molar-refractivity contribution in [2.75, 3.05) is 32.6 Å². The van der Waals surface area contributed by atoms with Gasteiger partial charge >= 0.3 is 0 Å². The summed E-state index contributed by atoms with van der Waals surface area (Å²) in [5.74, 6) is 1.43. The summed E-state index contributed by atoms with van der Waals surface area (Å²) in [5, 5.41) is 2.99. The summed E-state index contributed by atoms with van der Waals surface area (Å²) in [6, 6.07) is 5.09. The molecule has 0 aliphatic carbocycles. The molecule has 27 heavy (non-hydrogen) atoms. The second kappa shape index (κ2) is 9.41. The van der Waals surface area contributed by atoms with E-state index in [-0.39, 0.29) is 17.7 Å². The van der Waals surface area contributed by atoms with Crippen molar-refractivity contribution in [3.05, 3.63) is 23.8 Å². The Morgan fingerprint density at radius 3 is 2.48 bits per heavy atom. The Kier molecular flexibility index (Phi) is 7.49. The second-order valence-corrected chi connectivity index (χ2v) is 9.38. The topological polar surface area (TPSA) is 84.9 Å². The van der Waals surface area contributed by atoms with E-state index in [4.69, 9.17) is 9.47 Å². The van der Waals surface area contributed by atoms with Crippen LogP contribution in [0.25, 0.3) is 0 Å².